The highest BCUT2D eigenvalue weighted by Crippen LogP contribution is 2.25. The first-order valence-electron chi connectivity index (χ1n) is 6.28. The number of amides is 1. The maximum absolute atomic E-state index is 11.9. The van der Waals surface area contributed by atoms with Crippen LogP contribution >= 0.6 is 23.2 Å². The highest BCUT2D eigenvalue weighted by Gasteiger charge is 2.22. The summed E-state index contributed by atoms with van der Waals surface area (Å²) in [6, 6.07) is 5.66. The van der Waals surface area contributed by atoms with Crippen molar-refractivity contribution >= 4 is 29.1 Å². The molecule has 0 aromatic heterocycles. The maximum Gasteiger partial charge on any atom is 0.224 e. The van der Waals surface area contributed by atoms with Crippen LogP contribution in [0.15, 0.2) is 18.2 Å². The van der Waals surface area contributed by atoms with Crippen LogP contribution in [-0.4, -0.2) is 11.9 Å². The maximum atomic E-state index is 11.9. The number of nitrogens with one attached hydrogen (secondary N) is 1. The van der Waals surface area contributed by atoms with E-state index in [0.29, 0.717) is 22.5 Å². The van der Waals surface area contributed by atoms with Crippen LogP contribution in [0, 0.1) is 5.92 Å². The van der Waals surface area contributed by atoms with E-state index < -0.39 is 0 Å². The summed E-state index contributed by atoms with van der Waals surface area (Å²) in [5.41, 5.74) is 0.896. The van der Waals surface area contributed by atoms with Gasteiger partial charge in [-0.05, 0) is 42.9 Å². The van der Waals surface area contributed by atoms with Crippen LogP contribution < -0.4 is 5.32 Å². The van der Waals surface area contributed by atoms with Gasteiger partial charge in [-0.15, -0.1) is 0 Å². The molecule has 18 heavy (non-hydrogen) atoms. The van der Waals surface area contributed by atoms with Crippen molar-refractivity contribution < 1.29 is 4.79 Å². The zero-order chi connectivity index (χ0) is 13.1. The van der Waals surface area contributed by atoms with Gasteiger partial charge in [0, 0.05) is 6.04 Å². The van der Waals surface area contributed by atoms with Gasteiger partial charge in [-0.3, -0.25) is 4.79 Å². The molecule has 1 amide bonds. The predicted octanol–water partition coefficient (Wildman–Crippen LogP) is 3.84. The third-order valence-electron chi connectivity index (χ3n) is 3.41. The highest BCUT2D eigenvalue weighted by atomic mass is 35.5. The van der Waals surface area contributed by atoms with Crippen molar-refractivity contribution in [2.45, 2.75) is 38.6 Å². The van der Waals surface area contributed by atoms with Gasteiger partial charge < -0.3 is 5.32 Å². The predicted molar refractivity (Wildman–Crippen MR) is 75.1 cm³/mol. The lowest BCUT2D eigenvalue weighted by Crippen LogP contribution is -2.34. The summed E-state index contributed by atoms with van der Waals surface area (Å²) in [7, 11) is 0. The summed E-state index contributed by atoms with van der Waals surface area (Å²) in [4.78, 5) is 11.9. The standard InChI is InChI=1S/C14H17Cl2NO/c1-9-2-4-11(6-9)17-14(18)8-10-3-5-12(15)13(16)7-10/h3,5,7,9,11H,2,4,6,8H2,1H3,(H,17,18). The van der Waals surface area contributed by atoms with Crippen LogP contribution in [0.4, 0.5) is 0 Å². The van der Waals surface area contributed by atoms with E-state index in [1.165, 1.54) is 6.42 Å². The molecule has 2 unspecified atom stereocenters. The van der Waals surface area contributed by atoms with E-state index in [9.17, 15) is 4.79 Å². The van der Waals surface area contributed by atoms with Crippen LogP contribution in [0.5, 0.6) is 0 Å². The van der Waals surface area contributed by atoms with E-state index in [2.05, 4.69) is 12.2 Å². The Morgan fingerprint density at radius 2 is 2.11 bits per heavy atom. The fourth-order valence-corrected chi connectivity index (χ4v) is 2.77. The summed E-state index contributed by atoms with van der Waals surface area (Å²) >= 11 is 11.8. The second-order valence-corrected chi connectivity index (χ2v) is 5.92. The molecule has 0 radical (unpaired) electrons. The summed E-state index contributed by atoms with van der Waals surface area (Å²) < 4.78 is 0. The summed E-state index contributed by atoms with van der Waals surface area (Å²) in [6.45, 7) is 2.23. The van der Waals surface area contributed by atoms with Gasteiger partial charge in [0.1, 0.15) is 0 Å². The minimum absolute atomic E-state index is 0.0625. The molecule has 0 saturated heterocycles. The third-order valence-corrected chi connectivity index (χ3v) is 4.15. The van der Waals surface area contributed by atoms with Crippen molar-refractivity contribution in [1.82, 2.24) is 5.32 Å². The molecule has 1 aliphatic carbocycles. The van der Waals surface area contributed by atoms with Gasteiger partial charge in [-0.25, -0.2) is 0 Å². The smallest absolute Gasteiger partial charge is 0.224 e. The molecule has 98 valence electrons. The van der Waals surface area contributed by atoms with E-state index in [4.69, 9.17) is 23.2 Å². The number of benzene rings is 1. The topological polar surface area (TPSA) is 29.1 Å². The van der Waals surface area contributed by atoms with E-state index in [-0.39, 0.29) is 5.91 Å². The average Bonchev–Trinajstić information content (AvgIpc) is 2.69. The molecule has 0 aliphatic heterocycles. The van der Waals surface area contributed by atoms with Crippen molar-refractivity contribution in [3.05, 3.63) is 33.8 Å². The normalized spacial score (nSPS) is 23.1. The fourth-order valence-electron chi connectivity index (χ4n) is 2.45. The first-order valence-corrected chi connectivity index (χ1v) is 7.03. The summed E-state index contributed by atoms with van der Waals surface area (Å²) in [5, 5.41) is 4.09. The van der Waals surface area contributed by atoms with Crippen LogP contribution in [0.25, 0.3) is 0 Å². The molecule has 1 aliphatic rings. The summed E-state index contributed by atoms with van der Waals surface area (Å²) in [5.74, 6) is 0.785. The van der Waals surface area contributed by atoms with E-state index in [1.54, 1.807) is 12.1 Å². The summed E-state index contributed by atoms with van der Waals surface area (Å²) in [6.07, 6.45) is 3.75. The lowest BCUT2D eigenvalue weighted by Gasteiger charge is -2.12. The highest BCUT2D eigenvalue weighted by molar-refractivity contribution is 6.42. The molecule has 1 aromatic carbocycles. The number of carbonyl (C=O) groups is 1. The number of hydrogen-bond acceptors (Lipinski definition) is 1. The van der Waals surface area contributed by atoms with Gasteiger partial charge in [-0.2, -0.15) is 0 Å². The largest absolute Gasteiger partial charge is 0.353 e. The Morgan fingerprint density at radius 3 is 2.72 bits per heavy atom. The Morgan fingerprint density at radius 1 is 1.33 bits per heavy atom. The Hall–Kier alpha value is -0.730. The zero-order valence-electron chi connectivity index (χ0n) is 10.4. The number of carbonyl (C=O) groups excluding carboxylic acids is 1. The van der Waals surface area contributed by atoms with Crippen LogP contribution in [0.3, 0.4) is 0 Å². The van der Waals surface area contributed by atoms with E-state index in [0.717, 1.165) is 24.3 Å². The molecular formula is C14H17Cl2NO. The van der Waals surface area contributed by atoms with Gasteiger partial charge in [0.05, 0.1) is 16.5 Å². The Labute approximate surface area is 118 Å². The van der Waals surface area contributed by atoms with Gasteiger partial charge in [-0.1, -0.05) is 36.2 Å². The molecule has 1 saturated carbocycles. The lowest BCUT2D eigenvalue weighted by molar-refractivity contribution is -0.121. The van der Waals surface area contributed by atoms with Crippen molar-refractivity contribution in [3.63, 3.8) is 0 Å². The molecule has 0 heterocycles. The van der Waals surface area contributed by atoms with Crippen molar-refractivity contribution in [2.24, 2.45) is 5.92 Å². The molecule has 2 nitrogen and oxygen atoms in total. The molecule has 4 heteroatoms. The number of halogens is 2. The van der Waals surface area contributed by atoms with E-state index >= 15 is 0 Å². The van der Waals surface area contributed by atoms with E-state index in [1.807, 2.05) is 6.07 Å². The second kappa shape index (κ2) is 5.94. The molecular weight excluding hydrogens is 269 g/mol. The van der Waals surface area contributed by atoms with Crippen LogP contribution in [0.2, 0.25) is 10.0 Å². The van der Waals surface area contributed by atoms with Gasteiger partial charge in [0.2, 0.25) is 5.91 Å². The molecule has 1 N–H and O–H groups in total. The van der Waals surface area contributed by atoms with Crippen LogP contribution in [0.1, 0.15) is 31.7 Å². The molecule has 1 fully saturated rings. The van der Waals surface area contributed by atoms with Crippen molar-refractivity contribution in [1.29, 1.82) is 0 Å². The van der Waals surface area contributed by atoms with Gasteiger partial charge >= 0.3 is 0 Å². The number of hydrogen-bond donors (Lipinski definition) is 1. The minimum Gasteiger partial charge on any atom is -0.353 e. The van der Waals surface area contributed by atoms with Gasteiger partial charge in [0.25, 0.3) is 0 Å². The SMILES string of the molecule is CC1CCC(NC(=O)Cc2ccc(Cl)c(Cl)c2)C1. The average molecular weight is 286 g/mol. The quantitative estimate of drug-likeness (QED) is 0.898. The van der Waals surface area contributed by atoms with Gasteiger partial charge in [0.15, 0.2) is 0 Å². The van der Waals surface area contributed by atoms with Crippen molar-refractivity contribution in [2.75, 3.05) is 0 Å². The molecule has 2 atom stereocenters. The Balaban J connectivity index is 1.89. The molecule has 2 rings (SSSR count). The Kier molecular flexibility index (Phi) is 4.52. The molecule has 0 bridgehead atoms. The lowest BCUT2D eigenvalue weighted by atomic mass is 10.1. The zero-order valence-corrected chi connectivity index (χ0v) is 11.9. The fraction of sp³-hybridized carbons (Fsp3) is 0.500. The van der Waals surface area contributed by atoms with Crippen molar-refractivity contribution in [3.8, 4) is 0 Å². The minimum atomic E-state index is 0.0625. The number of rotatable bonds is 3. The first-order chi connectivity index (χ1) is 8.54. The molecule has 1 aromatic rings. The first kappa shape index (κ1) is 13.7. The Bertz CT molecular complexity index is 447. The molecule has 0 spiro atoms. The van der Waals surface area contributed by atoms with Crippen LogP contribution in [-0.2, 0) is 11.2 Å². The third kappa shape index (κ3) is 3.63. The second-order valence-electron chi connectivity index (χ2n) is 5.11. The monoisotopic (exact) mass is 285 g/mol.